The molecule has 0 bridgehead atoms. The second-order valence-electron chi connectivity index (χ2n) is 4.38. The molecule has 5 nitrogen and oxygen atoms in total. The van der Waals surface area contributed by atoms with Crippen LogP contribution in [-0.2, 0) is 4.74 Å². The Bertz CT molecular complexity index is 600. The maximum Gasteiger partial charge on any atom is 0.338 e. The van der Waals surface area contributed by atoms with Gasteiger partial charge in [-0.2, -0.15) is 0 Å². The first-order chi connectivity index (χ1) is 9.54. The van der Waals surface area contributed by atoms with Crippen molar-refractivity contribution in [2.75, 3.05) is 5.32 Å². The normalized spacial score (nSPS) is 10.4. The molecule has 6 heteroatoms. The van der Waals surface area contributed by atoms with Crippen LogP contribution in [-0.4, -0.2) is 22.0 Å². The fraction of sp³-hybridized carbons (Fsp3) is 0.214. The first-order valence-corrected chi connectivity index (χ1v) is 6.48. The lowest BCUT2D eigenvalue weighted by Gasteiger charge is -2.09. The summed E-state index contributed by atoms with van der Waals surface area (Å²) in [4.78, 5) is 19.5. The van der Waals surface area contributed by atoms with Gasteiger partial charge in [-0.25, -0.2) is 14.8 Å². The van der Waals surface area contributed by atoms with Gasteiger partial charge in [0.15, 0.2) is 0 Å². The van der Waals surface area contributed by atoms with Crippen LogP contribution in [0.1, 0.15) is 24.2 Å². The number of rotatable bonds is 4. The highest BCUT2D eigenvalue weighted by atomic mass is 35.5. The monoisotopic (exact) mass is 291 g/mol. The standard InChI is InChI=1S/C14H14ClN3O2/c1-9(2)20-14(19)10-3-5-11(6-4-10)18-13-7-12(15)16-8-17-13/h3-9H,1-2H3,(H,16,17,18). The van der Waals surface area contributed by atoms with Gasteiger partial charge in [0.25, 0.3) is 0 Å². The zero-order valence-electron chi connectivity index (χ0n) is 11.1. The maximum absolute atomic E-state index is 11.7. The molecule has 0 fully saturated rings. The van der Waals surface area contributed by atoms with E-state index in [4.69, 9.17) is 16.3 Å². The molecule has 0 spiro atoms. The predicted molar refractivity (Wildman–Crippen MR) is 77.3 cm³/mol. The Morgan fingerprint density at radius 3 is 2.55 bits per heavy atom. The van der Waals surface area contributed by atoms with Crippen molar-refractivity contribution in [1.29, 1.82) is 0 Å². The van der Waals surface area contributed by atoms with E-state index in [1.807, 2.05) is 13.8 Å². The van der Waals surface area contributed by atoms with Crippen molar-refractivity contribution >= 4 is 29.1 Å². The Kier molecular flexibility index (Phi) is 4.53. The van der Waals surface area contributed by atoms with Gasteiger partial charge in [-0.15, -0.1) is 0 Å². The summed E-state index contributed by atoms with van der Waals surface area (Å²) < 4.78 is 5.11. The van der Waals surface area contributed by atoms with Gasteiger partial charge in [-0.1, -0.05) is 11.6 Å². The van der Waals surface area contributed by atoms with Crippen LogP contribution < -0.4 is 5.32 Å². The topological polar surface area (TPSA) is 64.1 Å². The van der Waals surface area contributed by atoms with Gasteiger partial charge in [-0.05, 0) is 38.1 Å². The minimum Gasteiger partial charge on any atom is -0.459 e. The lowest BCUT2D eigenvalue weighted by Crippen LogP contribution is -2.11. The summed E-state index contributed by atoms with van der Waals surface area (Å²) in [7, 11) is 0. The van der Waals surface area contributed by atoms with Gasteiger partial charge in [0.1, 0.15) is 17.3 Å². The number of nitrogens with zero attached hydrogens (tertiary/aromatic N) is 2. The van der Waals surface area contributed by atoms with Crippen molar-refractivity contribution in [3.8, 4) is 0 Å². The second-order valence-corrected chi connectivity index (χ2v) is 4.77. The minimum atomic E-state index is -0.336. The molecule has 0 aliphatic carbocycles. The summed E-state index contributed by atoms with van der Waals surface area (Å²) in [5.41, 5.74) is 1.30. The summed E-state index contributed by atoms with van der Waals surface area (Å²) in [5, 5.41) is 3.42. The Morgan fingerprint density at radius 2 is 1.95 bits per heavy atom. The molecule has 2 aromatic rings. The molecule has 0 saturated carbocycles. The lowest BCUT2D eigenvalue weighted by atomic mass is 10.2. The number of hydrogen-bond acceptors (Lipinski definition) is 5. The molecular formula is C14H14ClN3O2. The highest BCUT2D eigenvalue weighted by Gasteiger charge is 2.08. The molecule has 0 aliphatic rings. The molecule has 0 saturated heterocycles. The minimum absolute atomic E-state index is 0.136. The summed E-state index contributed by atoms with van der Waals surface area (Å²) in [5.74, 6) is 0.249. The van der Waals surface area contributed by atoms with E-state index < -0.39 is 0 Å². The molecule has 0 unspecified atom stereocenters. The molecule has 2 rings (SSSR count). The predicted octanol–water partition coefficient (Wildman–Crippen LogP) is 3.44. The molecular weight excluding hydrogens is 278 g/mol. The van der Waals surface area contributed by atoms with Crippen LogP contribution in [0.15, 0.2) is 36.7 Å². The van der Waals surface area contributed by atoms with Crippen molar-refractivity contribution in [2.24, 2.45) is 0 Å². The highest BCUT2D eigenvalue weighted by molar-refractivity contribution is 6.29. The first kappa shape index (κ1) is 14.3. The van der Waals surface area contributed by atoms with Gasteiger partial charge in [0, 0.05) is 11.8 Å². The second kappa shape index (κ2) is 6.34. The number of ether oxygens (including phenoxy) is 1. The van der Waals surface area contributed by atoms with Crippen LogP contribution in [0.4, 0.5) is 11.5 Å². The van der Waals surface area contributed by atoms with Crippen LogP contribution in [0.5, 0.6) is 0 Å². The van der Waals surface area contributed by atoms with Crippen LogP contribution in [0.3, 0.4) is 0 Å². The number of aromatic nitrogens is 2. The zero-order chi connectivity index (χ0) is 14.5. The van der Waals surface area contributed by atoms with E-state index in [9.17, 15) is 4.79 Å². The molecule has 1 heterocycles. The molecule has 20 heavy (non-hydrogen) atoms. The molecule has 0 aliphatic heterocycles. The van der Waals surface area contributed by atoms with E-state index in [1.54, 1.807) is 30.3 Å². The number of carbonyl (C=O) groups excluding carboxylic acids is 1. The molecule has 104 valence electrons. The first-order valence-electron chi connectivity index (χ1n) is 6.10. The average Bonchev–Trinajstić information content (AvgIpc) is 2.38. The van der Waals surface area contributed by atoms with Crippen molar-refractivity contribution in [3.05, 3.63) is 47.4 Å². The number of benzene rings is 1. The SMILES string of the molecule is CC(C)OC(=O)c1ccc(Nc2cc(Cl)ncn2)cc1. The fourth-order valence-electron chi connectivity index (χ4n) is 1.52. The quantitative estimate of drug-likeness (QED) is 0.690. The molecule has 1 aromatic carbocycles. The average molecular weight is 292 g/mol. The van der Waals surface area contributed by atoms with Crippen molar-refractivity contribution in [3.63, 3.8) is 0 Å². The van der Waals surface area contributed by atoms with E-state index >= 15 is 0 Å². The number of halogens is 1. The third-order valence-electron chi connectivity index (χ3n) is 2.37. The number of nitrogens with one attached hydrogen (secondary N) is 1. The van der Waals surface area contributed by atoms with Gasteiger partial charge in [0.05, 0.1) is 11.7 Å². The van der Waals surface area contributed by atoms with Gasteiger partial charge >= 0.3 is 5.97 Å². The Hall–Kier alpha value is -2.14. The lowest BCUT2D eigenvalue weighted by molar-refractivity contribution is 0.0378. The number of carbonyl (C=O) groups is 1. The number of esters is 1. The highest BCUT2D eigenvalue weighted by Crippen LogP contribution is 2.17. The van der Waals surface area contributed by atoms with Crippen molar-refractivity contribution in [2.45, 2.75) is 20.0 Å². The summed E-state index contributed by atoms with van der Waals surface area (Å²) in [6, 6.07) is 8.54. The molecule has 0 amide bonds. The summed E-state index contributed by atoms with van der Waals surface area (Å²) in [6.07, 6.45) is 1.24. The Morgan fingerprint density at radius 1 is 1.25 bits per heavy atom. The van der Waals surface area contributed by atoms with E-state index in [0.29, 0.717) is 16.5 Å². The molecule has 1 aromatic heterocycles. The van der Waals surface area contributed by atoms with E-state index in [1.165, 1.54) is 6.33 Å². The van der Waals surface area contributed by atoms with Crippen LogP contribution in [0.25, 0.3) is 0 Å². The van der Waals surface area contributed by atoms with Crippen LogP contribution >= 0.6 is 11.6 Å². The van der Waals surface area contributed by atoms with Gasteiger partial charge < -0.3 is 10.1 Å². The summed E-state index contributed by atoms with van der Waals surface area (Å²) in [6.45, 7) is 3.62. The number of hydrogen-bond donors (Lipinski definition) is 1. The Labute approximate surface area is 122 Å². The zero-order valence-corrected chi connectivity index (χ0v) is 11.9. The number of anilines is 2. The maximum atomic E-state index is 11.7. The third-order valence-corrected chi connectivity index (χ3v) is 2.58. The van der Waals surface area contributed by atoms with Crippen molar-refractivity contribution in [1.82, 2.24) is 9.97 Å². The van der Waals surface area contributed by atoms with Crippen LogP contribution in [0.2, 0.25) is 5.15 Å². The largest absolute Gasteiger partial charge is 0.459 e. The molecule has 1 N–H and O–H groups in total. The van der Waals surface area contributed by atoms with Gasteiger partial charge in [-0.3, -0.25) is 0 Å². The van der Waals surface area contributed by atoms with Crippen LogP contribution in [0, 0.1) is 0 Å². The summed E-state index contributed by atoms with van der Waals surface area (Å²) >= 11 is 5.77. The van der Waals surface area contributed by atoms with E-state index in [-0.39, 0.29) is 12.1 Å². The Balaban J connectivity index is 2.07. The molecule has 0 atom stereocenters. The van der Waals surface area contributed by atoms with Gasteiger partial charge in [0.2, 0.25) is 0 Å². The molecule has 0 radical (unpaired) electrons. The van der Waals surface area contributed by atoms with E-state index in [0.717, 1.165) is 5.69 Å². The smallest absolute Gasteiger partial charge is 0.338 e. The fourth-order valence-corrected chi connectivity index (χ4v) is 1.67. The third kappa shape index (κ3) is 3.93. The van der Waals surface area contributed by atoms with Crippen molar-refractivity contribution < 1.29 is 9.53 Å². The van der Waals surface area contributed by atoms with E-state index in [2.05, 4.69) is 15.3 Å².